The van der Waals surface area contributed by atoms with Crippen LogP contribution in [-0.4, -0.2) is 18.9 Å². The average molecular weight is 354 g/mol. The van der Waals surface area contributed by atoms with Crippen LogP contribution in [-0.2, 0) is 13.1 Å². The van der Waals surface area contributed by atoms with Gasteiger partial charge < -0.3 is 23.9 Å². The van der Waals surface area contributed by atoms with Crippen molar-refractivity contribution in [2.45, 2.75) is 20.0 Å². The number of fused-ring (bicyclic) bond motifs is 2. The second-order valence-electron chi connectivity index (χ2n) is 6.68. The van der Waals surface area contributed by atoms with E-state index in [-0.39, 0.29) is 12.5 Å². The van der Waals surface area contributed by atoms with Crippen molar-refractivity contribution in [2.75, 3.05) is 13.8 Å². The van der Waals surface area contributed by atoms with Gasteiger partial charge in [-0.3, -0.25) is 0 Å². The third kappa shape index (κ3) is 2.99. The van der Waals surface area contributed by atoms with E-state index in [1.165, 1.54) is 11.0 Å². The van der Waals surface area contributed by atoms with Crippen molar-refractivity contribution < 1.29 is 23.9 Å². The van der Waals surface area contributed by atoms with Crippen LogP contribution in [0.25, 0.3) is 11.0 Å². The molecular weight excluding hydrogens is 334 g/mol. The van der Waals surface area contributed by atoms with Gasteiger partial charge in [-0.15, -0.1) is 0 Å². The van der Waals surface area contributed by atoms with Crippen LogP contribution in [0.3, 0.4) is 0 Å². The molecule has 134 valence electrons. The Bertz CT molecular complexity index is 1040. The summed E-state index contributed by atoms with van der Waals surface area (Å²) in [5.41, 5.74) is 2.65. The van der Waals surface area contributed by atoms with Crippen LogP contribution in [0.15, 0.2) is 45.6 Å². The third-order valence-corrected chi connectivity index (χ3v) is 4.65. The summed E-state index contributed by atoms with van der Waals surface area (Å²) in [6.07, 6.45) is 0. The number of hydrogen-bond donors (Lipinski definition) is 2. The first-order valence-electron chi connectivity index (χ1n) is 8.46. The Kier molecular flexibility index (Phi) is 4.05. The largest absolute Gasteiger partial charge is 0.508 e. The van der Waals surface area contributed by atoms with E-state index in [1.807, 2.05) is 18.2 Å². The maximum absolute atomic E-state index is 11.9. The molecule has 6 heteroatoms. The van der Waals surface area contributed by atoms with Gasteiger partial charge in [0.25, 0.3) is 0 Å². The number of phenols is 1. The molecule has 1 aliphatic heterocycles. The van der Waals surface area contributed by atoms with Gasteiger partial charge in [-0.2, -0.15) is 0 Å². The molecule has 1 unspecified atom stereocenters. The highest BCUT2D eigenvalue weighted by atomic mass is 16.7. The van der Waals surface area contributed by atoms with Gasteiger partial charge in [-0.1, -0.05) is 0 Å². The number of rotatable bonds is 4. The first-order chi connectivity index (χ1) is 12.5. The Morgan fingerprint density at radius 1 is 1.08 bits per heavy atom. The monoisotopic (exact) mass is 354 g/mol. The van der Waals surface area contributed by atoms with E-state index in [0.29, 0.717) is 17.7 Å². The molecule has 0 aliphatic carbocycles. The predicted molar refractivity (Wildman–Crippen MR) is 95.7 cm³/mol. The summed E-state index contributed by atoms with van der Waals surface area (Å²) < 4.78 is 16.1. The zero-order valence-corrected chi connectivity index (χ0v) is 14.7. The van der Waals surface area contributed by atoms with Gasteiger partial charge in [-0.25, -0.2) is 4.79 Å². The lowest BCUT2D eigenvalue weighted by Crippen LogP contribution is -3.06. The number of benzene rings is 2. The van der Waals surface area contributed by atoms with Gasteiger partial charge in [0, 0.05) is 28.1 Å². The molecule has 2 N–H and O–H groups in total. The van der Waals surface area contributed by atoms with Crippen molar-refractivity contribution in [3.8, 4) is 17.2 Å². The zero-order chi connectivity index (χ0) is 18.3. The van der Waals surface area contributed by atoms with E-state index >= 15 is 0 Å². The highest BCUT2D eigenvalue weighted by molar-refractivity contribution is 5.84. The summed E-state index contributed by atoms with van der Waals surface area (Å²) in [5, 5.41) is 10.7. The maximum Gasteiger partial charge on any atom is 0.336 e. The fourth-order valence-corrected chi connectivity index (χ4v) is 3.35. The highest BCUT2D eigenvalue weighted by Crippen LogP contribution is 2.32. The molecule has 0 radical (unpaired) electrons. The molecule has 3 aromatic rings. The molecule has 0 bridgehead atoms. The number of quaternary nitrogens is 1. The molecule has 0 fully saturated rings. The van der Waals surface area contributed by atoms with Gasteiger partial charge in [0.2, 0.25) is 6.79 Å². The van der Waals surface area contributed by atoms with E-state index in [0.717, 1.165) is 34.6 Å². The van der Waals surface area contributed by atoms with Crippen molar-refractivity contribution >= 4 is 11.0 Å². The minimum absolute atomic E-state index is 0.124. The van der Waals surface area contributed by atoms with Gasteiger partial charge in [0.15, 0.2) is 11.5 Å². The SMILES string of the molecule is Cc1c(O)ccc2c(C[NH+](C)Cc3ccc4c(c3)OCO4)cc(=O)oc12. The van der Waals surface area contributed by atoms with Crippen LogP contribution in [0.2, 0.25) is 0 Å². The molecule has 0 amide bonds. The van der Waals surface area contributed by atoms with Crippen molar-refractivity contribution in [3.63, 3.8) is 0 Å². The third-order valence-electron chi connectivity index (χ3n) is 4.65. The van der Waals surface area contributed by atoms with E-state index in [4.69, 9.17) is 13.9 Å². The first-order valence-corrected chi connectivity index (χ1v) is 8.46. The van der Waals surface area contributed by atoms with Gasteiger partial charge in [0.05, 0.1) is 7.05 Å². The molecule has 6 nitrogen and oxygen atoms in total. The Morgan fingerprint density at radius 2 is 1.88 bits per heavy atom. The lowest BCUT2D eigenvalue weighted by atomic mass is 10.1. The summed E-state index contributed by atoms with van der Waals surface area (Å²) in [6.45, 7) is 3.43. The lowest BCUT2D eigenvalue weighted by Gasteiger charge is -2.16. The molecule has 1 aliphatic rings. The van der Waals surface area contributed by atoms with Crippen molar-refractivity contribution in [1.82, 2.24) is 0 Å². The Balaban J connectivity index is 1.60. The minimum atomic E-state index is -0.405. The average Bonchev–Trinajstić information content (AvgIpc) is 3.06. The second-order valence-corrected chi connectivity index (χ2v) is 6.68. The van der Waals surface area contributed by atoms with Crippen molar-refractivity contribution in [1.29, 1.82) is 0 Å². The Hall–Kier alpha value is -2.99. The molecule has 2 heterocycles. The van der Waals surface area contributed by atoms with Crippen LogP contribution < -0.4 is 20.0 Å². The Labute approximate surface area is 150 Å². The first kappa shape index (κ1) is 16.5. The molecular formula is C20H20NO5+. The summed E-state index contributed by atoms with van der Waals surface area (Å²) in [7, 11) is 2.07. The van der Waals surface area contributed by atoms with Crippen molar-refractivity contribution in [3.05, 3.63) is 63.5 Å². The van der Waals surface area contributed by atoms with E-state index in [2.05, 4.69) is 7.05 Å². The van der Waals surface area contributed by atoms with Crippen molar-refractivity contribution in [2.24, 2.45) is 0 Å². The number of ether oxygens (including phenoxy) is 2. The topological polar surface area (TPSA) is 73.3 Å². The quantitative estimate of drug-likeness (QED) is 0.699. The van der Waals surface area contributed by atoms with Crippen LogP contribution >= 0.6 is 0 Å². The van der Waals surface area contributed by atoms with E-state index in [1.54, 1.807) is 19.1 Å². The van der Waals surface area contributed by atoms with Gasteiger partial charge >= 0.3 is 5.63 Å². The van der Waals surface area contributed by atoms with E-state index in [9.17, 15) is 9.90 Å². The van der Waals surface area contributed by atoms with Crippen LogP contribution in [0.4, 0.5) is 0 Å². The van der Waals surface area contributed by atoms with Crippen LogP contribution in [0, 0.1) is 6.92 Å². The number of nitrogens with one attached hydrogen (secondary N) is 1. The summed E-state index contributed by atoms with van der Waals surface area (Å²) in [6, 6.07) is 10.9. The standard InChI is InChI=1S/C20H19NO5/c1-12-16(22)5-4-15-14(8-19(23)26-20(12)15)10-21(2)9-13-3-6-17-18(7-13)25-11-24-17/h3-8,22H,9-11H2,1-2H3/p+1. The van der Waals surface area contributed by atoms with Crippen LogP contribution in [0.5, 0.6) is 17.2 Å². The fraction of sp³-hybridized carbons (Fsp3) is 0.250. The molecule has 1 aromatic heterocycles. The summed E-state index contributed by atoms with van der Waals surface area (Å²) in [5.74, 6) is 1.67. The van der Waals surface area contributed by atoms with Gasteiger partial charge in [-0.05, 0) is 37.3 Å². The normalized spacial score (nSPS) is 13.9. The van der Waals surface area contributed by atoms with E-state index < -0.39 is 5.63 Å². The number of phenolic OH excluding ortho intramolecular Hbond substituents is 1. The van der Waals surface area contributed by atoms with Gasteiger partial charge in [0.1, 0.15) is 24.4 Å². The fourth-order valence-electron chi connectivity index (χ4n) is 3.35. The molecule has 1 atom stereocenters. The molecule has 2 aromatic carbocycles. The highest BCUT2D eigenvalue weighted by Gasteiger charge is 2.17. The van der Waals surface area contributed by atoms with Crippen LogP contribution in [0.1, 0.15) is 16.7 Å². The maximum atomic E-state index is 11.9. The molecule has 0 spiro atoms. The number of aromatic hydroxyl groups is 1. The molecule has 0 saturated carbocycles. The Morgan fingerprint density at radius 3 is 2.73 bits per heavy atom. The molecule has 4 rings (SSSR count). The zero-order valence-electron chi connectivity index (χ0n) is 14.7. The molecule has 0 saturated heterocycles. The number of aryl methyl sites for hydroxylation is 1. The lowest BCUT2D eigenvalue weighted by molar-refractivity contribution is -0.907. The minimum Gasteiger partial charge on any atom is -0.508 e. The molecule has 26 heavy (non-hydrogen) atoms. The smallest absolute Gasteiger partial charge is 0.336 e. The second kappa shape index (κ2) is 6.38. The summed E-state index contributed by atoms with van der Waals surface area (Å²) in [4.78, 5) is 13.2. The summed E-state index contributed by atoms with van der Waals surface area (Å²) >= 11 is 0. The predicted octanol–water partition coefficient (Wildman–Crippen LogP) is 1.75. The number of hydrogen-bond acceptors (Lipinski definition) is 5.